The predicted molar refractivity (Wildman–Crippen MR) is 0 cm³/mol. The third-order valence-electron chi connectivity index (χ3n) is 0. The maximum absolute atomic E-state index is 0. The Labute approximate surface area is 97.9 Å². The van der Waals surface area contributed by atoms with E-state index in [0.29, 0.717) is 0 Å². The third kappa shape index (κ3) is 8.90. The fourth-order valence-corrected chi connectivity index (χ4v) is 0. The van der Waals surface area contributed by atoms with Gasteiger partial charge in [0.2, 0.25) is 0 Å². The molecule has 0 amide bonds. The van der Waals surface area contributed by atoms with Crippen molar-refractivity contribution in [2.45, 2.75) is 0 Å². The van der Waals surface area contributed by atoms with E-state index < -0.39 is 0 Å². The summed E-state index contributed by atoms with van der Waals surface area (Å²) < 4.78 is 0. The van der Waals surface area contributed by atoms with Crippen molar-refractivity contribution in [3.63, 3.8) is 0 Å². The molecular weight excluding hydrogens is 392 g/mol. The van der Waals surface area contributed by atoms with Crippen LogP contribution in [-0.2, 0) is 0 Å². The summed E-state index contributed by atoms with van der Waals surface area (Å²) >= 11 is 0. The minimum Gasteiger partial charge on any atom is -1.00 e. The van der Waals surface area contributed by atoms with E-state index in [1.54, 1.807) is 0 Å². The second-order valence-corrected chi connectivity index (χ2v) is 0. The molecule has 0 rings (SSSR count). The summed E-state index contributed by atoms with van der Waals surface area (Å²) in [5.41, 5.74) is 0. The zero-order valence-corrected chi connectivity index (χ0v) is 8.69. The van der Waals surface area contributed by atoms with Gasteiger partial charge in [-0.05, 0) is 0 Å². The Balaban J connectivity index is 0. The zero-order valence-electron chi connectivity index (χ0n) is 1.51. The van der Waals surface area contributed by atoms with Gasteiger partial charge in [-0.2, -0.15) is 0 Å². The van der Waals surface area contributed by atoms with Crippen LogP contribution in [-0.4, -0.2) is 0 Å². The number of halogens is 3. The minimum atomic E-state index is 0. The third-order valence-corrected chi connectivity index (χ3v) is 0. The number of hydrogen-bond acceptors (Lipinski definition) is 0. The van der Waals surface area contributed by atoms with Crippen LogP contribution in [0, 0.1) is 49.4 Å². The molecule has 0 saturated heterocycles. The summed E-state index contributed by atoms with van der Waals surface area (Å²) in [6.45, 7) is 0. The van der Waals surface area contributed by atoms with Crippen LogP contribution in [0.5, 0.6) is 0 Å². The van der Waals surface area contributed by atoms with Gasteiger partial charge in [-0.25, -0.2) is 0 Å². The van der Waals surface area contributed by atoms with E-state index in [-0.39, 0.29) is 100 Å². The molecule has 4 heteroatoms. The van der Waals surface area contributed by atoms with Crippen LogP contribution < -0.4 is 50.9 Å². The molecule has 0 aromatic rings. The Morgan fingerprint density at radius 3 is 0.500 bits per heavy atom. The zero-order chi connectivity index (χ0) is 0. The van der Waals surface area contributed by atoms with Gasteiger partial charge >= 0.3 is 49.4 Å². The summed E-state index contributed by atoms with van der Waals surface area (Å²) in [7, 11) is 0. The maximum atomic E-state index is 0. The Morgan fingerprint density at radius 2 is 0.500 bits per heavy atom. The summed E-state index contributed by atoms with van der Waals surface area (Å²) in [6, 6.07) is 0. The molecule has 0 aromatic heterocycles. The van der Waals surface area contributed by atoms with Gasteiger partial charge in [0.15, 0.2) is 0 Å². The molecule has 0 saturated carbocycles. The molecule has 4 heavy (non-hydrogen) atoms. The van der Waals surface area contributed by atoms with E-state index in [1.807, 2.05) is 0 Å². The molecule has 0 atom stereocenters. The van der Waals surface area contributed by atoms with Gasteiger partial charge < -0.3 is 50.9 Å². The molecule has 0 aliphatic rings. The second-order valence-electron chi connectivity index (χ2n) is 0. The van der Waals surface area contributed by atoms with Crippen molar-refractivity contribution in [1.82, 2.24) is 0 Å². The topological polar surface area (TPSA) is 0 Å². The van der Waals surface area contributed by atoms with Crippen LogP contribution in [0.25, 0.3) is 0 Å². The van der Waals surface area contributed by atoms with Crippen LogP contribution >= 0.6 is 0 Å². The molecule has 0 spiro atoms. The molecule has 0 fully saturated rings. The second kappa shape index (κ2) is 16.6. The SMILES string of the molecule is [Br-].[Br-].[Br-].[Eu+2]. The first-order chi connectivity index (χ1) is 0. The molecule has 0 bridgehead atoms. The molecule has 0 aromatic carbocycles. The minimum absolute atomic E-state index is 0. The average Bonchev–Trinajstić information content (AvgIpc) is 0. The van der Waals surface area contributed by atoms with Gasteiger partial charge in [0, 0.05) is 0 Å². The number of rotatable bonds is 0. The normalized spacial score (nSPS) is 0. The first kappa shape index (κ1) is 27.9. The quantitative estimate of drug-likeness (QED) is 0.385. The van der Waals surface area contributed by atoms with E-state index >= 15 is 0 Å². The van der Waals surface area contributed by atoms with E-state index in [0.717, 1.165) is 0 Å². The number of hydrogen-bond donors (Lipinski definition) is 0. The van der Waals surface area contributed by atoms with Gasteiger partial charge in [0.25, 0.3) is 0 Å². The van der Waals surface area contributed by atoms with Crippen molar-refractivity contribution in [2.75, 3.05) is 0 Å². The average molecular weight is 392 g/mol. The van der Waals surface area contributed by atoms with Gasteiger partial charge in [0.05, 0.1) is 0 Å². The molecule has 29 valence electrons. The van der Waals surface area contributed by atoms with Crippen molar-refractivity contribution >= 4 is 0 Å². The monoisotopic (exact) mass is 390 g/mol. The van der Waals surface area contributed by atoms with Gasteiger partial charge in [0.1, 0.15) is 0 Å². The Morgan fingerprint density at radius 1 is 0.500 bits per heavy atom. The standard InChI is InChI=1S/3BrH.Eu/h3*1H;/q;;;+2/p-3. The molecule has 0 unspecified atom stereocenters. The first-order valence-corrected chi connectivity index (χ1v) is 0. The fraction of sp³-hybridized carbons (Fsp3) is 0. The Hall–Kier alpha value is 3.02. The Bertz CT molecular complexity index is 3.25. The van der Waals surface area contributed by atoms with Crippen LogP contribution in [0.2, 0.25) is 0 Å². The predicted octanol–water partition coefficient (Wildman–Crippen LogP) is -8.99. The van der Waals surface area contributed by atoms with Crippen LogP contribution in [0.1, 0.15) is 0 Å². The van der Waals surface area contributed by atoms with E-state index in [4.69, 9.17) is 0 Å². The molecule has 0 N–H and O–H groups in total. The summed E-state index contributed by atoms with van der Waals surface area (Å²) in [5, 5.41) is 0. The van der Waals surface area contributed by atoms with Gasteiger partial charge in [-0.3, -0.25) is 0 Å². The molecule has 1 radical (unpaired) electrons. The molecule has 0 aliphatic carbocycles. The summed E-state index contributed by atoms with van der Waals surface area (Å²) in [6.07, 6.45) is 0. The van der Waals surface area contributed by atoms with E-state index in [9.17, 15) is 0 Å². The molecule has 0 heterocycles. The Kier molecular flexibility index (Phi) is 116. The van der Waals surface area contributed by atoms with Gasteiger partial charge in [-0.1, -0.05) is 0 Å². The van der Waals surface area contributed by atoms with Crippen molar-refractivity contribution in [2.24, 2.45) is 0 Å². The van der Waals surface area contributed by atoms with Crippen molar-refractivity contribution in [3.05, 3.63) is 0 Å². The first-order valence-electron chi connectivity index (χ1n) is 0. The molecule has 0 aliphatic heterocycles. The van der Waals surface area contributed by atoms with Crippen molar-refractivity contribution in [1.29, 1.82) is 0 Å². The van der Waals surface area contributed by atoms with Crippen LogP contribution in [0.4, 0.5) is 0 Å². The van der Waals surface area contributed by atoms with Crippen LogP contribution in [0.3, 0.4) is 0 Å². The largest absolute Gasteiger partial charge is 2.00 e. The van der Waals surface area contributed by atoms with E-state index in [1.165, 1.54) is 0 Å². The van der Waals surface area contributed by atoms with E-state index in [2.05, 4.69) is 0 Å². The van der Waals surface area contributed by atoms with Crippen molar-refractivity contribution < 1.29 is 100 Å². The maximum Gasteiger partial charge on any atom is 2.00 e. The fourth-order valence-electron chi connectivity index (χ4n) is 0. The smallest absolute Gasteiger partial charge is 1.00 e. The molecular formula is Br3Eu-. The van der Waals surface area contributed by atoms with Crippen molar-refractivity contribution in [3.8, 4) is 0 Å². The van der Waals surface area contributed by atoms with Gasteiger partial charge in [-0.15, -0.1) is 0 Å². The van der Waals surface area contributed by atoms with Crippen LogP contribution in [0.15, 0.2) is 0 Å². The molecule has 0 nitrogen and oxygen atoms in total. The summed E-state index contributed by atoms with van der Waals surface area (Å²) in [4.78, 5) is 0. The summed E-state index contributed by atoms with van der Waals surface area (Å²) in [5.74, 6) is 0.